The first-order valence-corrected chi connectivity index (χ1v) is 11.3. The van der Waals surface area contributed by atoms with E-state index in [1.54, 1.807) is 29.2 Å². The van der Waals surface area contributed by atoms with E-state index in [0.29, 0.717) is 31.8 Å². The van der Waals surface area contributed by atoms with Gasteiger partial charge in [0, 0.05) is 32.7 Å². The molecule has 0 aliphatic carbocycles. The molecule has 1 aromatic rings. The van der Waals surface area contributed by atoms with Gasteiger partial charge in [0.25, 0.3) is 5.91 Å². The number of rotatable bonds is 4. The minimum atomic E-state index is -1.20. The van der Waals surface area contributed by atoms with Crippen LogP contribution in [0.5, 0.6) is 5.75 Å². The number of hydrogen-bond acceptors (Lipinski definition) is 6. The van der Waals surface area contributed by atoms with Gasteiger partial charge < -0.3 is 36.2 Å². The number of amides is 6. The number of ether oxygens (including phenoxy) is 1. The van der Waals surface area contributed by atoms with Gasteiger partial charge in [-0.1, -0.05) is 12.1 Å². The van der Waals surface area contributed by atoms with Crippen molar-refractivity contribution in [3.63, 3.8) is 0 Å². The first-order valence-electron chi connectivity index (χ1n) is 11.3. The van der Waals surface area contributed by atoms with Crippen molar-refractivity contribution in [2.75, 3.05) is 39.3 Å². The molecule has 1 fully saturated rings. The SMILES string of the molecule is C[C@@H]1NC(=O)C[C@@H](C(=O)NCCN2CCNC2=O)NC(=O)c2ccccc2OCCCNC1=O. The molecule has 0 spiro atoms. The van der Waals surface area contributed by atoms with Crippen LogP contribution in [0.15, 0.2) is 24.3 Å². The summed E-state index contributed by atoms with van der Waals surface area (Å²) in [6, 6.07) is 4.36. The Bertz CT molecular complexity index is 938. The van der Waals surface area contributed by atoms with E-state index in [1.165, 1.54) is 6.92 Å². The van der Waals surface area contributed by atoms with Crippen molar-refractivity contribution >= 4 is 29.7 Å². The highest BCUT2D eigenvalue weighted by Gasteiger charge is 2.27. The lowest BCUT2D eigenvalue weighted by molar-refractivity contribution is -0.130. The second kappa shape index (κ2) is 11.9. The van der Waals surface area contributed by atoms with Gasteiger partial charge in [-0.2, -0.15) is 0 Å². The summed E-state index contributed by atoms with van der Waals surface area (Å²) in [5, 5.41) is 13.2. The van der Waals surface area contributed by atoms with Crippen molar-refractivity contribution in [1.29, 1.82) is 0 Å². The molecule has 2 atom stereocenters. The van der Waals surface area contributed by atoms with E-state index in [4.69, 9.17) is 4.74 Å². The number of urea groups is 1. The molecule has 184 valence electrons. The van der Waals surface area contributed by atoms with E-state index in [1.807, 2.05) is 0 Å². The molecule has 2 aliphatic heterocycles. The number of para-hydroxylation sites is 1. The number of nitrogens with zero attached hydrogens (tertiary/aromatic N) is 1. The zero-order valence-electron chi connectivity index (χ0n) is 19.0. The van der Waals surface area contributed by atoms with Gasteiger partial charge in [0.15, 0.2) is 0 Å². The molecule has 0 bridgehead atoms. The number of carbonyl (C=O) groups excluding carboxylic acids is 5. The zero-order valence-corrected chi connectivity index (χ0v) is 19.0. The predicted octanol–water partition coefficient (Wildman–Crippen LogP) is -1.28. The minimum Gasteiger partial charge on any atom is -0.493 e. The van der Waals surface area contributed by atoms with Crippen molar-refractivity contribution < 1.29 is 28.7 Å². The standard InChI is InChI=1S/C22H30N6O6/c1-14-19(30)23-7-4-12-34-17-6-3-2-5-15(17)20(31)27-16(13-18(29)26-14)21(32)24-8-10-28-11-9-25-22(28)33/h2-3,5-6,14,16H,4,7-13H2,1H3,(H,23,30)(H,24,32)(H,25,33)(H,26,29)(H,27,31)/t14-,16-/m0/s1. The molecular formula is C22H30N6O6. The zero-order chi connectivity index (χ0) is 24.5. The van der Waals surface area contributed by atoms with Gasteiger partial charge in [0.2, 0.25) is 17.7 Å². The molecule has 0 saturated carbocycles. The highest BCUT2D eigenvalue weighted by molar-refractivity contribution is 6.01. The first kappa shape index (κ1) is 24.8. The fraction of sp³-hybridized carbons (Fsp3) is 0.500. The molecule has 0 radical (unpaired) electrons. The second-order valence-corrected chi connectivity index (χ2v) is 8.02. The molecule has 0 aromatic heterocycles. The van der Waals surface area contributed by atoms with Gasteiger partial charge in [-0.3, -0.25) is 19.2 Å². The van der Waals surface area contributed by atoms with Crippen LogP contribution < -0.4 is 31.3 Å². The van der Waals surface area contributed by atoms with E-state index >= 15 is 0 Å². The molecule has 5 N–H and O–H groups in total. The van der Waals surface area contributed by atoms with Crippen LogP contribution >= 0.6 is 0 Å². The third kappa shape index (κ3) is 6.83. The van der Waals surface area contributed by atoms with E-state index in [-0.39, 0.29) is 43.6 Å². The summed E-state index contributed by atoms with van der Waals surface area (Å²) in [6.45, 7) is 3.66. The van der Waals surface area contributed by atoms with Crippen LogP contribution in [-0.2, 0) is 14.4 Å². The van der Waals surface area contributed by atoms with Crippen molar-refractivity contribution in [3.8, 4) is 5.75 Å². The van der Waals surface area contributed by atoms with Gasteiger partial charge in [-0.05, 0) is 25.5 Å². The van der Waals surface area contributed by atoms with Crippen molar-refractivity contribution in [2.24, 2.45) is 0 Å². The molecular weight excluding hydrogens is 444 g/mol. The Morgan fingerprint density at radius 2 is 1.91 bits per heavy atom. The fourth-order valence-corrected chi connectivity index (χ4v) is 3.56. The third-order valence-corrected chi connectivity index (χ3v) is 5.42. The summed E-state index contributed by atoms with van der Waals surface area (Å²) >= 11 is 0. The van der Waals surface area contributed by atoms with Gasteiger partial charge in [-0.25, -0.2) is 4.79 Å². The Morgan fingerprint density at radius 1 is 1.12 bits per heavy atom. The van der Waals surface area contributed by atoms with E-state index in [2.05, 4.69) is 26.6 Å². The highest BCUT2D eigenvalue weighted by atomic mass is 16.5. The predicted molar refractivity (Wildman–Crippen MR) is 121 cm³/mol. The Morgan fingerprint density at radius 3 is 2.68 bits per heavy atom. The number of hydrogen-bond donors (Lipinski definition) is 5. The van der Waals surface area contributed by atoms with Crippen LogP contribution in [0, 0.1) is 0 Å². The van der Waals surface area contributed by atoms with E-state index in [9.17, 15) is 24.0 Å². The summed E-state index contributed by atoms with van der Waals surface area (Å²) < 4.78 is 5.71. The Balaban J connectivity index is 1.73. The average molecular weight is 475 g/mol. The normalized spacial score (nSPS) is 22.1. The number of benzene rings is 1. The monoisotopic (exact) mass is 474 g/mol. The first-order chi connectivity index (χ1) is 16.3. The van der Waals surface area contributed by atoms with Gasteiger partial charge >= 0.3 is 6.03 Å². The lowest BCUT2D eigenvalue weighted by Gasteiger charge is -2.21. The third-order valence-electron chi connectivity index (χ3n) is 5.42. The van der Waals surface area contributed by atoms with Crippen LogP contribution in [-0.4, -0.2) is 86.0 Å². The molecule has 0 unspecified atom stereocenters. The maximum absolute atomic E-state index is 13.0. The maximum Gasteiger partial charge on any atom is 0.317 e. The highest BCUT2D eigenvalue weighted by Crippen LogP contribution is 2.18. The Labute approximate surface area is 197 Å². The lowest BCUT2D eigenvalue weighted by Crippen LogP contribution is -2.52. The van der Waals surface area contributed by atoms with Crippen molar-refractivity contribution in [1.82, 2.24) is 31.5 Å². The summed E-state index contributed by atoms with van der Waals surface area (Å²) in [7, 11) is 0. The van der Waals surface area contributed by atoms with Gasteiger partial charge in [0.05, 0.1) is 18.6 Å². The van der Waals surface area contributed by atoms with Gasteiger partial charge in [-0.15, -0.1) is 0 Å². The molecule has 1 aromatic carbocycles. The molecule has 12 nitrogen and oxygen atoms in total. The second-order valence-electron chi connectivity index (χ2n) is 8.02. The molecule has 3 rings (SSSR count). The Kier molecular flexibility index (Phi) is 8.66. The summed E-state index contributed by atoms with van der Waals surface area (Å²) in [5.41, 5.74) is 0.224. The molecule has 6 amide bonds. The quantitative estimate of drug-likeness (QED) is 0.366. The molecule has 12 heteroatoms. The van der Waals surface area contributed by atoms with Crippen molar-refractivity contribution in [2.45, 2.75) is 31.8 Å². The van der Waals surface area contributed by atoms with Crippen LogP contribution in [0.2, 0.25) is 0 Å². The maximum atomic E-state index is 13.0. The minimum absolute atomic E-state index is 0.152. The molecule has 34 heavy (non-hydrogen) atoms. The van der Waals surface area contributed by atoms with Crippen LogP contribution in [0.1, 0.15) is 30.1 Å². The van der Waals surface area contributed by atoms with E-state index in [0.717, 1.165) is 0 Å². The van der Waals surface area contributed by atoms with E-state index < -0.39 is 29.8 Å². The summed E-state index contributed by atoms with van der Waals surface area (Å²) in [5.74, 6) is -1.75. The topological polar surface area (TPSA) is 158 Å². The smallest absolute Gasteiger partial charge is 0.317 e. The number of nitrogens with one attached hydrogen (secondary N) is 5. The Hall–Kier alpha value is -3.83. The number of carbonyl (C=O) groups is 5. The summed E-state index contributed by atoms with van der Waals surface area (Å²) in [4.78, 5) is 63.8. The van der Waals surface area contributed by atoms with Crippen molar-refractivity contribution in [3.05, 3.63) is 29.8 Å². The van der Waals surface area contributed by atoms with Crippen LogP contribution in [0.3, 0.4) is 0 Å². The number of fused-ring (bicyclic) bond motifs is 1. The molecule has 1 saturated heterocycles. The average Bonchev–Trinajstić information content (AvgIpc) is 3.22. The molecule has 2 aliphatic rings. The van der Waals surface area contributed by atoms with Gasteiger partial charge in [0.1, 0.15) is 17.8 Å². The largest absolute Gasteiger partial charge is 0.493 e. The van der Waals surface area contributed by atoms with Crippen LogP contribution in [0.25, 0.3) is 0 Å². The summed E-state index contributed by atoms with van der Waals surface area (Å²) in [6.07, 6.45) is 0.130. The fourth-order valence-electron chi connectivity index (χ4n) is 3.56. The van der Waals surface area contributed by atoms with Crippen LogP contribution in [0.4, 0.5) is 4.79 Å². The molecule has 2 heterocycles. The lowest BCUT2D eigenvalue weighted by atomic mass is 10.1.